The van der Waals surface area contributed by atoms with Crippen LogP contribution in [0, 0.1) is 0 Å². The number of imidazole rings is 1. The largest absolute Gasteiger partial charge is 0.377 e. The van der Waals surface area contributed by atoms with Crippen molar-refractivity contribution < 1.29 is 0 Å². The molecule has 2 aromatic carbocycles. The second-order valence-corrected chi connectivity index (χ2v) is 6.15. The molecule has 0 amide bonds. The van der Waals surface area contributed by atoms with E-state index in [1.54, 1.807) is 12.4 Å². The zero-order chi connectivity index (χ0) is 16.8. The molecule has 0 aliphatic carbocycles. The van der Waals surface area contributed by atoms with Crippen molar-refractivity contribution in [3.05, 3.63) is 88.4 Å². The van der Waals surface area contributed by atoms with Crippen LogP contribution in [-0.2, 0) is 0 Å². The predicted molar refractivity (Wildman–Crippen MR) is 95.6 cm³/mol. The Balaban J connectivity index is 1.82. The first-order valence-electron chi connectivity index (χ1n) is 8.15. The van der Waals surface area contributed by atoms with E-state index in [0.29, 0.717) is 5.39 Å². The van der Waals surface area contributed by atoms with Crippen LogP contribution in [-0.4, -0.2) is 20.2 Å². The smallest absolute Gasteiger partial charge is 0.272 e. The maximum Gasteiger partial charge on any atom is 0.272 e. The highest BCUT2D eigenvalue weighted by Crippen LogP contribution is 2.45. The molecule has 3 N–H and O–H groups in total. The van der Waals surface area contributed by atoms with Gasteiger partial charge in [0.15, 0.2) is 0 Å². The molecular weight excluding hydrogens is 314 g/mol. The van der Waals surface area contributed by atoms with E-state index in [-0.39, 0.29) is 17.5 Å². The Morgan fingerprint density at radius 3 is 2.68 bits per heavy atom. The summed E-state index contributed by atoms with van der Waals surface area (Å²) in [6.07, 6.45) is 3.54. The molecule has 0 spiro atoms. The molecule has 2 aromatic heterocycles. The Morgan fingerprint density at radius 2 is 1.88 bits per heavy atom. The standard InChI is InChI=1S/C19H15N5O/c25-19-12-7-4-8-13-14(12)17(23-24-19)15(18-20-9-10-21-18)16(22-13)11-5-2-1-3-6-11/h1-10,15-16,22H,(H,20,21)(H,24,25). The van der Waals surface area contributed by atoms with E-state index in [4.69, 9.17) is 0 Å². The van der Waals surface area contributed by atoms with Gasteiger partial charge in [-0.1, -0.05) is 36.4 Å². The molecule has 122 valence electrons. The minimum atomic E-state index is -0.182. The van der Waals surface area contributed by atoms with Gasteiger partial charge in [-0.15, -0.1) is 0 Å². The molecule has 6 heteroatoms. The van der Waals surface area contributed by atoms with Crippen molar-refractivity contribution in [3.63, 3.8) is 0 Å². The molecule has 1 aliphatic heterocycles. The van der Waals surface area contributed by atoms with E-state index in [1.165, 1.54) is 0 Å². The van der Waals surface area contributed by atoms with Crippen molar-refractivity contribution in [2.24, 2.45) is 0 Å². The summed E-state index contributed by atoms with van der Waals surface area (Å²) < 4.78 is 0. The second kappa shape index (κ2) is 5.31. The molecule has 0 saturated carbocycles. The summed E-state index contributed by atoms with van der Waals surface area (Å²) in [6.45, 7) is 0. The molecule has 4 aromatic rings. The molecule has 2 unspecified atom stereocenters. The molecule has 5 rings (SSSR count). The van der Waals surface area contributed by atoms with Crippen LogP contribution in [0.15, 0.2) is 65.7 Å². The van der Waals surface area contributed by atoms with Gasteiger partial charge in [0, 0.05) is 23.5 Å². The van der Waals surface area contributed by atoms with Gasteiger partial charge in [-0.3, -0.25) is 4.79 Å². The summed E-state index contributed by atoms with van der Waals surface area (Å²) in [5.74, 6) is 0.684. The van der Waals surface area contributed by atoms with Crippen LogP contribution in [0.3, 0.4) is 0 Å². The fraction of sp³-hybridized carbons (Fsp3) is 0.105. The highest BCUT2D eigenvalue weighted by molar-refractivity contribution is 5.97. The van der Waals surface area contributed by atoms with E-state index in [0.717, 1.165) is 28.2 Å². The molecule has 0 fully saturated rings. The van der Waals surface area contributed by atoms with Crippen LogP contribution in [0.5, 0.6) is 0 Å². The number of benzene rings is 2. The number of aromatic nitrogens is 4. The fourth-order valence-electron chi connectivity index (χ4n) is 3.67. The van der Waals surface area contributed by atoms with Crippen LogP contribution in [0.25, 0.3) is 10.8 Å². The summed E-state index contributed by atoms with van der Waals surface area (Å²) in [7, 11) is 0. The Kier molecular flexibility index (Phi) is 2.97. The topological polar surface area (TPSA) is 86.5 Å². The van der Waals surface area contributed by atoms with Crippen molar-refractivity contribution in [3.8, 4) is 0 Å². The van der Waals surface area contributed by atoms with Crippen LogP contribution in [0.2, 0.25) is 0 Å². The minimum absolute atomic E-state index is 0.0381. The average molecular weight is 329 g/mol. The molecule has 2 atom stereocenters. The molecule has 6 nitrogen and oxygen atoms in total. The van der Waals surface area contributed by atoms with Gasteiger partial charge in [-0.25, -0.2) is 10.1 Å². The number of aromatic amines is 2. The highest BCUT2D eigenvalue weighted by atomic mass is 16.1. The zero-order valence-corrected chi connectivity index (χ0v) is 13.2. The molecule has 1 aliphatic rings. The number of nitrogens with zero attached hydrogens (tertiary/aromatic N) is 2. The van der Waals surface area contributed by atoms with Crippen molar-refractivity contribution >= 4 is 16.5 Å². The lowest BCUT2D eigenvalue weighted by molar-refractivity contribution is 0.611. The monoisotopic (exact) mass is 329 g/mol. The molecule has 0 saturated heterocycles. The average Bonchev–Trinajstić information content (AvgIpc) is 3.19. The summed E-state index contributed by atoms with van der Waals surface area (Å²) in [4.78, 5) is 19.9. The summed E-state index contributed by atoms with van der Waals surface area (Å²) in [5.41, 5.74) is 2.70. The maximum atomic E-state index is 12.2. The predicted octanol–water partition coefficient (Wildman–Crippen LogP) is 2.94. The van der Waals surface area contributed by atoms with E-state index < -0.39 is 0 Å². The Labute approximate surface area is 142 Å². The third-order valence-electron chi connectivity index (χ3n) is 4.75. The van der Waals surface area contributed by atoms with Crippen molar-refractivity contribution in [1.29, 1.82) is 0 Å². The van der Waals surface area contributed by atoms with Crippen molar-refractivity contribution in [2.75, 3.05) is 5.32 Å². The number of hydrogen-bond acceptors (Lipinski definition) is 4. The summed E-state index contributed by atoms with van der Waals surface area (Å²) in [5, 5.41) is 12.1. The zero-order valence-electron chi connectivity index (χ0n) is 13.2. The van der Waals surface area contributed by atoms with Crippen LogP contribution in [0.4, 0.5) is 5.69 Å². The summed E-state index contributed by atoms with van der Waals surface area (Å²) in [6, 6.07) is 15.9. The van der Waals surface area contributed by atoms with Crippen LogP contribution >= 0.6 is 0 Å². The van der Waals surface area contributed by atoms with Gasteiger partial charge in [0.25, 0.3) is 5.56 Å². The van der Waals surface area contributed by atoms with Gasteiger partial charge in [0.2, 0.25) is 0 Å². The number of hydrogen-bond donors (Lipinski definition) is 3. The van der Waals surface area contributed by atoms with Gasteiger partial charge in [-0.2, -0.15) is 5.10 Å². The molecule has 3 heterocycles. The van der Waals surface area contributed by atoms with Crippen LogP contribution < -0.4 is 10.9 Å². The normalized spacial score (nSPS) is 18.9. The lowest BCUT2D eigenvalue weighted by Gasteiger charge is -2.33. The number of anilines is 1. The van der Waals surface area contributed by atoms with Gasteiger partial charge >= 0.3 is 0 Å². The first kappa shape index (κ1) is 14.0. The summed E-state index contributed by atoms with van der Waals surface area (Å²) >= 11 is 0. The Hall–Kier alpha value is -3.41. The van der Waals surface area contributed by atoms with Crippen molar-refractivity contribution in [2.45, 2.75) is 12.0 Å². The first-order valence-corrected chi connectivity index (χ1v) is 8.15. The second-order valence-electron chi connectivity index (χ2n) is 6.15. The third kappa shape index (κ3) is 2.07. The lowest BCUT2D eigenvalue weighted by atomic mass is 9.84. The quantitative estimate of drug-likeness (QED) is 0.528. The number of H-pyrrole nitrogens is 2. The molecular formula is C19H15N5O. The number of rotatable bonds is 2. The van der Waals surface area contributed by atoms with Gasteiger partial charge in [0.1, 0.15) is 5.82 Å². The maximum absolute atomic E-state index is 12.2. The van der Waals surface area contributed by atoms with E-state index >= 15 is 0 Å². The van der Waals surface area contributed by atoms with E-state index in [1.807, 2.05) is 36.4 Å². The Bertz CT molecular complexity index is 1100. The lowest BCUT2D eigenvalue weighted by Crippen LogP contribution is -2.28. The van der Waals surface area contributed by atoms with E-state index in [2.05, 4.69) is 37.6 Å². The van der Waals surface area contributed by atoms with Gasteiger partial charge < -0.3 is 10.3 Å². The molecule has 0 radical (unpaired) electrons. The molecule has 0 bridgehead atoms. The van der Waals surface area contributed by atoms with Crippen molar-refractivity contribution in [1.82, 2.24) is 20.2 Å². The van der Waals surface area contributed by atoms with E-state index in [9.17, 15) is 4.79 Å². The highest BCUT2D eigenvalue weighted by Gasteiger charge is 2.36. The van der Waals surface area contributed by atoms with Gasteiger partial charge in [0.05, 0.1) is 23.0 Å². The minimum Gasteiger partial charge on any atom is -0.377 e. The Morgan fingerprint density at radius 1 is 1.00 bits per heavy atom. The first-order chi connectivity index (χ1) is 12.3. The third-order valence-corrected chi connectivity index (χ3v) is 4.75. The fourth-order valence-corrected chi connectivity index (χ4v) is 3.67. The number of nitrogens with one attached hydrogen (secondary N) is 3. The molecule has 25 heavy (non-hydrogen) atoms. The SMILES string of the molecule is O=c1[nH]nc2c3c(cccc13)NC(c1ccccc1)C2c1ncc[nH]1. The van der Waals surface area contributed by atoms with Crippen LogP contribution in [0.1, 0.15) is 29.0 Å². The van der Waals surface area contributed by atoms with Gasteiger partial charge in [-0.05, 0) is 17.7 Å².